The Bertz CT molecular complexity index is 482. The van der Waals surface area contributed by atoms with E-state index in [0.29, 0.717) is 6.04 Å². The molecule has 1 aliphatic carbocycles. The van der Waals surface area contributed by atoms with Crippen LogP contribution in [-0.2, 0) is 12.8 Å². The van der Waals surface area contributed by atoms with Crippen molar-refractivity contribution in [2.24, 2.45) is 5.92 Å². The molecule has 0 aromatic heterocycles. The van der Waals surface area contributed by atoms with Gasteiger partial charge < -0.3 is 10.1 Å². The van der Waals surface area contributed by atoms with Gasteiger partial charge in [0.15, 0.2) is 0 Å². The van der Waals surface area contributed by atoms with E-state index in [1.54, 1.807) is 0 Å². The van der Waals surface area contributed by atoms with Gasteiger partial charge in [-0.15, -0.1) is 0 Å². The summed E-state index contributed by atoms with van der Waals surface area (Å²) in [4.78, 5) is 0. The highest BCUT2D eigenvalue weighted by molar-refractivity contribution is 6.30. The van der Waals surface area contributed by atoms with Crippen molar-refractivity contribution < 1.29 is 4.74 Å². The van der Waals surface area contributed by atoms with Crippen LogP contribution >= 0.6 is 11.6 Å². The van der Waals surface area contributed by atoms with Crippen LogP contribution in [0.5, 0.6) is 5.75 Å². The van der Waals surface area contributed by atoms with Crippen molar-refractivity contribution in [1.29, 1.82) is 0 Å². The van der Waals surface area contributed by atoms with Crippen LogP contribution in [-0.4, -0.2) is 19.2 Å². The minimum Gasteiger partial charge on any atom is -0.493 e. The van der Waals surface area contributed by atoms with Crippen molar-refractivity contribution >= 4 is 11.6 Å². The summed E-state index contributed by atoms with van der Waals surface area (Å²) in [7, 11) is 0. The maximum atomic E-state index is 6.30. The lowest BCUT2D eigenvalue weighted by Crippen LogP contribution is -2.37. The van der Waals surface area contributed by atoms with Gasteiger partial charge in [-0.05, 0) is 61.4 Å². The van der Waals surface area contributed by atoms with Gasteiger partial charge in [0.2, 0.25) is 0 Å². The third-order valence-corrected chi connectivity index (χ3v) is 5.11. The lowest BCUT2D eigenvalue weighted by molar-refractivity contribution is 0.335. The highest BCUT2D eigenvalue weighted by Crippen LogP contribution is 2.36. The highest BCUT2D eigenvalue weighted by Gasteiger charge is 2.27. The molecule has 1 aliphatic heterocycles. The van der Waals surface area contributed by atoms with Gasteiger partial charge in [0, 0.05) is 17.5 Å². The number of fused-ring (bicyclic) bond motifs is 1. The summed E-state index contributed by atoms with van der Waals surface area (Å²) < 4.78 is 5.87. The molecule has 1 aromatic rings. The molecule has 1 aromatic carbocycles. The normalized spacial score (nSPS) is 19.5. The van der Waals surface area contributed by atoms with Crippen LogP contribution < -0.4 is 10.1 Å². The van der Waals surface area contributed by atoms with Crippen molar-refractivity contribution in [2.75, 3.05) is 13.2 Å². The minimum atomic E-state index is 0.569. The molecule has 0 saturated heterocycles. The molecule has 1 unspecified atom stereocenters. The summed E-state index contributed by atoms with van der Waals surface area (Å²) >= 11 is 6.30. The predicted molar refractivity (Wildman–Crippen MR) is 88.4 cm³/mol. The van der Waals surface area contributed by atoms with Crippen molar-refractivity contribution in [1.82, 2.24) is 5.32 Å². The van der Waals surface area contributed by atoms with E-state index in [1.165, 1.54) is 43.2 Å². The van der Waals surface area contributed by atoms with Crippen LogP contribution in [0.1, 0.15) is 50.2 Å². The Labute approximate surface area is 133 Å². The number of hydrogen-bond acceptors (Lipinski definition) is 2. The standard InChI is InChI=1S/C18H26ClNO/c1-2-8-20-17(13-5-3-4-6-13)12-15-11-16(19)10-14-7-9-21-18(14)15/h10-11,13,17,20H,2-9,12H2,1H3. The van der Waals surface area contributed by atoms with Gasteiger partial charge in [0.1, 0.15) is 5.75 Å². The van der Waals surface area contributed by atoms with Gasteiger partial charge in [0.25, 0.3) is 0 Å². The van der Waals surface area contributed by atoms with Crippen LogP contribution in [0.3, 0.4) is 0 Å². The van der Waals surface area contributed by atoms with Gasteiger partial charge in [-0.1, -0.05) is 31.4 Å². The first-order valence-electron chi connectivity index (χ1n) is 8.45. The van der Waals surface area contributed by atoms with E-state index >= 15 is 0 Å². The minimum absolute atomic E-state index is 0.569. The zero-order chi connectivity index (χ0) is 14.7. The summed E-state index contributed by atoms with van der Waals surface area (Å²) in [6.07, 6.45) is 8.74. The van der Waals surface area contributed by atoms with E-state index in [9.17, 15) is 0 Å². The fourth-order valence-electron chi connectivity index (χ4n) is 3.83. The number of halogens is 1. The molecular formula is C18H26ClNO. The number of rotatable bonds is 6. The number of ether oxygens (including phenoxy) is 1. The predicted octanol–water partition coefficient (Wildman–Crippen LogP) is 4.38. The quantitative estimate of drug-likeness (QED) is 0.842. The number of hydrogen-bond donors (Lipinski definition) is 1. The zero-order valence-corrected chi connectivity index (χ0v) is 13.7. The van der Waals surface area contributed by atoms with Gasteiger partial charge in [0.05, 0.1) is 6.61 Å². The molecular weight excluding hydrogens is 282 g/mol. The van der Waals surface area contributed by atoms with E-state index in [1.807, 2.05) is 0 Å². The number of nitrogens with one attached hydrogen (secondary N) is 1. The maximum Gasteiger partial charge on any atom is 0.125 e. The van der Waals surface area contributed by atoms with Gasteiger partial charge >= 0.3 is 0 Å². The summed E-state index contributed by atoms with van der Waals surface area (Å²) in [6.45, 7) is 4.14. The van der Waals surface area contributed by atoms with E-state index < -0.39 is 0 Å². The molecule has 1 heterocycles. The Morgan fingerprint density at radius 2 is 2.14 bits per heavy atom. The van der Waals surface area contributed by atoms with Crippen LogP contribution in [0.15, 0.2) is 12.1 Å². The number of benzene rings is 1. The van der Waals surface area contributed by atoms with Crippen molar-refractivity contribution in [2.45, 2.75) is 57.9 Å². The average Bonchev–Trinajstić information content (AvgIpc) is 3.13. The van der Waals surface area contributed by atoms with Gasteiger partial charge in [-0.2, -0.15) is 0 Å². The lowest BCUT2D eigenvalue weighted by atomic mass is 9.91. The molecule has 0 bridgehead atoms. The lowest BCUT2D eigenvalue weighted by Gasteiger charge is -2.25. The van der Waals surface area contributed by atoms with Crippen molar-refractivity contribution in [3.8, 4) is 5.75 Å². The molecule has 21 heavy (non-hydrogen) atoms. The first-order valence-corrected chi connectivity index (χ1v) is 8.83. The molecule has 116 valence electrons. The van der Waals surface area contributed by atoms with Crippen molar-refractivity contribution in [3.63, 3.8) is 0 Å². The van der Waals surface area contributed by atoms with Crippen LogP contribution in [0.2, 0.25) is 5.02 Å². The second-order valence-corrected chi connectivity index (χ2v) is 6.90. The SMILES string of the molecule is CCCNC(Cc1cc(Cl)cc2c1OCC2)C1CCCC1. The summed E-state index contributed by atoms with van der Waals surface area (Å²) in [5.41, 5.74) is 2.59. The highest BCUT2D eigenvalue weighted by atomic mass is 35.5. The third kappa shape index (κ3) is 3.54. The molecule has 2 nitrogen and oxygen atoms in total. The molecule has 0 radical (unpaired) electrons. The fraction of sp³-hybridized carbons (Fsp3) is 0.667. The first kappa shape index (κ1) is 15.2. The van der Waals surface area contributed by atoms with E-state index in [4.69, 9.17) is 16.3 Å². The Hall–Kier alpha value is -0.730. The zero-order valence-electron chi connectivity index (χ0n) is 13.0. The largest absolute Gasteiger partial charge is 0.493 e. The molecule has 0 amide bonds. The van der Waals surface area contributed by atoms with E-state index in [0.717, 1.165) is 42.7 Å². The van der Waals surface area contributed by atoms with Crippen molar-refractivity contribution in [3.05, 3.63) is 28.3 Å². The van der Waals surface area contributed by atoms with Crippen LogP contribution in [0, 0.1) is 5.92 Å². The summed E-state index contributed by atoms with van der Waals surface area (Å²) in [5.74, 6) is 1.92. The van der Waals surface area contributed by atoms with Crippen LogP contribution in [0.25, 0.3) is 0 Å². The van der Waals surface area contributed by atoms with E-state index in [-0.39, 0.29) is 0 Å². The molecule has 1 saturated carbocycles. The van der Waals surface area contributed by atoms with E-state index in [2.05, 4.69) is 24.4 Å². The molecule has 1 atom stereocenters. The summed E-state index contributed by atoms with van der Waals surface area (Å²) in [6, 6.07) is 4.75. The molecule has 1 fully saturated rings. The second kappa shape index (κ2) is 7.02. The average molecular weight is 308 g/mol. The van der Waals surface area contributed by atoms with Gasteiger partial charge in [-0.25, -0.2) is 0 Å². The molecule has 2 aliphatic rings. The molecule has 1 N–H and O–H groups in total. The van der Waals surface area contributed by atoms with Crippen LogP contribution in [0.4, 0.5) is 0 Å². The Morgan fingerprint density at radius 3 is 2.90 bits per heavy atom. The fourth-order valence-corrected chi connectivity index (χ4v) is 4.09. The molecule has 0 spiro atoms. The Morgan fingerprint density at radius 1 is 1.33 bits per heavy atom. The monoisotopic (exact) mass is 307 g/mol. The topological polar surface area (TPSA) is 21.3 Å². The molecule has 3 rings (SSSR count). The molecule has 3 heteroatoms. The Balaban J connectivity index is 1.78. The Kier molecular flexibility index (Phi) is 5.07. The third-order valence-electron chi connectivity index (χ3n) is 4.89. The first-order chi connectivity index (χ1) is 10.3. The summed E-state index contributed by atoms with van der Waals surface area (Å²) in [5, 5.41) is 4.63. The van der Waals surface area contributed by atoms with Gasteiger partial charge in [-0.3, -0.25) is 0 Å². The smallest absolute Gasteiger partial charge is 0.125 e. The maximum absolute atomic E-state index is 6.30. The second-order valence-electron chi connectivity index (χ2n) is 6.46.